The molecule has 0 atom stereocenters. The molecule has 0 unspecified atom stereocenters. The standard InChI is InChI=1S/C15H14BrN3O3/c1-3-19-11-7-5-6-10(16)9(11)8-12(19)13-17-14(22-18-13)15(20)21-4-2/h5-8H,3-4H2,1-2H3. The first-order valence-electron chi connectivity index (χ1n) is 6.94. The summed E-state index contributed by atoms with van der Waals surface area (Å²) in [6.45, 7) is 4.77. The van der Waals surface area contributed by atoms with Crippen molar-refractivity contribution in [2.24, 2.45) is 0 Å². The molecule has 114 valence electrons. The van der Waals surface area contributed by atoms with Crippen LogP contribution in [0.25, 0.3) is 22.4 Å². The van der Waals surface area contributed by atoms with Gasteiger partial charge in [-0.1, -0.05) is 27.2 Å². The third kappa shape index (κ3) is 2.41. The lowest BCUT2D eigenvalue weighted by atomic mass is 10.2. The predicted octanol–water partition coefficient (Wildman–Crippen LogP) is 3.65. The van der Waals surface area contributed by atoms with Gasteiger partial charge in [0.25, 0.3) is 0 Å². The molecule has 0 aliphatic carbocycles. The van der Waals surface area contributed by atoms with E-state index in [0.29, 0.717) is 5.82 Å². The van der Waals surface area contributed by atoms with Crippen LogP contribution < -0.4 is 0 Å². The Balaban J connectivity index is 2.10. The zero-order chi connectivity index (χ0) is 15.7. The van der Waals surface area contributed by atoms with E-state index >= 15 is 0 Å². The highest BCUT2D eigenvalue weighted by Gasteiger charge is 2.20. The molecule has 0 aliphatic rings. The van der Waals surface area contributed by atoms with Crippen molar-refractivity contribution in [3.05, 3.63) is 34.6 Å². The number of fused-ring (bicyclic) bond motifs is 1. The lowest BCUT2D eigenvalue weighted by Crippen LogP contribution is -2.05. The largest absolute Gasteiger partial charge is 0.459 e. The highest BCUT2D eigenvalue weighted by Crippen LogP contribution is 2.31. The smallest absolute Gasteiger partial charge is 0.397 e. The number of ether oxygens (including phenoxy) is 1. The summed E-state index contributed by atoms with van der Waals surface area (Å²) in [6, 6.07) is 7.96. The van der Waals surface area contributed by atoms with Crippen molar-refractivity contribution >= 4 is 32.8 Å². The normalized spacial score (nSPS) is 11.0. The molecule has 1 aromatic carbocycles. The molecule has 0 bridgehead atoms. The Bertz CT molecular complexity index is 838. The minimum Gasteiger partial charge on any atom is -0.459 e. The van der Waals surface area contributed by atoms with Gasteiger partial charge in [-0.05, 0) is 32.0 Å². The number of benzene rings is 1. The number of hydrogen-bond acceptors (Lipinski definition) is 5. The first-order chi connectivity index (χ1) is 10.7. The van der Waals surface area contributed by atoms with E-state index in [1.807, 2.05) is 31.2 Å². The molecule has 3 aromatic rings. The number of aromatic nitrogens is 3. The molecule has 0 saturated heterocycles. The second-order valence-electron chi connectivity index (χ2n) is 4.59. The summed E-state index contributed by atoms with van der Waals surface area (Å²) in [4.78, 5) is 15.8. The minimum absolute atomic E-state index is 0.135. The van der Waals surface area contributed by atoms with Crippen LogP contribution in [0.3, 0.4) is 0 Å². The highest BCUT2D eigenvalue weighted by molar-refractivity contribution is 9.10. The lowest BCUT2D eigenvalue weighted by Gasteiger charge is -2.04. The summed E-state index contributed by atoms with van der Waals surface area (Å²) in [7, 11) is 0. The first-order valence-corrected chi connectivity index (χ1v) is 7.74. The van der Waals surface area contributed by atoms with Crippen molar-refractivity contribution in [2.45, 2.75) is 20.4 Å². The maximum Gasteiger partial charge on any atom is 0.397 e. The number of hydrogen-bond donors (Lipinski definition) is 0. The molecular formula is C15H14BrN3O3. The summed E-state index contributed by atoms with van der Waals surface area (Å²) in [5.74, 6) is -0.376. The molecule has 0 amide bonds. The third-order valence-electron chi connectivity index (χ3n) is 3.31. The average molecular weight is 364 g/mol. The molecule has 22 heavy (non-hydrogen) atoms. The maximum absolute atomic E-state index is 11.6. The summed E-state index contributed by atoms with van der Waals surface area (Å²) >= 11 is 3.54. The molecular weight excluding hydrogens is 350 g/mol. The van der Waals surface area contributed by atoms with Gasteiger partial charge in [-0.3, -0.25) is 0 Å². The van der Waals surface area contributed by atoms with E-state index in [1.54, 1.807) is 6.92 Å². The van der Waals surface area contributed by atoms with Gasteiger partial charge < -0.3 is 13.8 Å². The van der Waals surface area contributed by atoms with Gasteiger partial charge in [0.1, 0.15) is 0 Å². The fourth-order valence-electron chi connectivity index (χ4n) is 2.38. The molecule has 0 spiro atoms. The highest BCUT2D eigenvalue weighted by atomic mass is 79.9. The predicted molar refractivity (Wildman–Crippen MR) is 84.6 cm³/mol. The molecule has 2 heterocycles. The number of aryl methyl sites for hydroxylation is 1. The molecule has 7 heteroatoms. The zero-order valence-corrected chi connectivity index (χ0v) is 13.8. The van der Waals surface area contributed by atoms with Gasteiger partial charge in [0.05, 0.1) is 12.3 Å². The summed E-state index contributed by atoms with van der Waals surface area (Å²) in [5, 5.41) is 4.96. The third-order valence-corrected chi connectivity index (χ3v) is 4.01. The Kier molecular flexibility index (Phi) is 3.98. The van der Waals surface area contributed by atoms with Crippen LogP contribution in [-0.4, -0.2) is 27.3 Å². The summed E-state index contributed by atoms with van der Waals surface area (Å²) < 4.78 is 12.9. The van der Waals surface area contributed by atoms with Gasteiger partial charge in [-0.15, -0.1) is 0 Å². The molecule has 0 saturated carbocycles. The first kappa shape index (κ1) is 14.8. The molecule has 0 fully saturated rings. The Morgan fingerprint density at radius 3 is 2.95 bits per heavy atom. The van der Waals surface area contributed by atoms with Crippen LogP contribution in [0.4, 0.5) is 0 Å². The fraction of sp³-hybridized carbons (Fsp3) is 0.267. The Hall–Kier alpha value is -2.15. The van der Waals surface area contributed by atoms with Gasteiger partial charge in [0.15, 0.2) is 0 Å². The van der Waals surface area contributed by atoms with Crippen LogP contribution in [0.2, 0.25) is 0 Å². The zero-order valence-electron chi connectivity index (χ0n) is 12.2. The van der Waals surface area contributed by atoms with E-state index in [0.717, 1.165) is 27.6 Å². The van der Waals surface area contributed by atoms with Crippen LogP contribution in [0, 0.1) is 0 Å². The van der Waals surface area contributed by atoms with Crippen LogP contribution in [0.5, 0.6) is 0 Å². The summed E-state index contributed by atoms with van der Waals surface area (Å²) in [6.07, 6.45) is 0. The van der Waals surface area contributed by atoms with Crippen molar-refractivity contribution in [2.75, 3.05) is 6.61 Å². The second kappa shape index (κ2) is 5.92. The van der Waals surface area contributed by atoms with Gasteiger partial charge in [0, 0.05) is 21.9 Å². The van der Waals surface area contributed by atoms with E-state index in [2.05, 4.69) is 30.6 Å². The quantitative estimate of drug-likeness (QED) is 0.661. The van der Waals surface area contributed by atoms with Gasteiger partial charge in [-0.25, -0.2) is 4.79 Å². The Morgan fingerprint density at radius 1 is 1.41 bits per heavy atom. The second-order valence-corrected chi connectivity index (χ2v) is 5.44. The van der Waals surface area contributed by atoms with E-state index in [4.69, 9.17) is 9.26 Å². The van der Waals surface area contributed by atoms with Crippen LogP contribution >= 0.6 is 15.9 Å². The van der Waals surface area contributed by atoms with E-state index in [9.17, 15) is 4.79 Å². The number of carbonyl (C=O) groups is 1. The van der Waals surface area contributed by atoms with Crippen molar-refractivity contribution in [1.29, 1.82) is 0 Å². The van der Waals surface area contributed by atoms with E-state index in [1.165, 1.54) is 0 Å². The van der Waals surface area contributed by atoms with Crippen molar-refractivity contribution < 1.29 is 14.1 Å². The summed E-state index contributed by atoms with van der Waals surface area (Å²) in [5.41, 5.74) is 1.86. The molecule has 6 nitrogen and oxygen atoms in total. The van der Waals surface area contributed by atoms with Gasteiger partial charge >= 0.3 is 11.9 Å². The molecule has 0 aliphatic heterocycles. The number of rotatable bonds is 4. The Morgan fingerprint density at radius 2 is 2.23 bits per heavy atom. The number of nitrogens with zero attached hydrogens (tertiary/aromatic N) is 3. The van der Waals surface area contributed by atoms with Gasteiger partial charge in [-0.2, -0.15) is 4.98 Å². The van der Waals surface area contributed by atoms with Crippen LogP contribution in [-0.2, 0) is 11.3 Å². The molecule has 0 N–H and O–H groups in total. The van der Waals surface area contributed by atoms with Gasteiger partial charge in [0.2, 0.25) is 5.82 Å². The van der Waals surface area contributed by atoms with Crippen molar-refractivity contribution in [1.82, 2.24) is 14.7 Å². The molecule has 2 aromatic heterocycles. The molecule has 3 rings (SSSR count). The Labute approximate surface area is 135 Å². The van der Waals surface area contributed by atoms with E-state index < -0.39 is 5.97 Å². The SMILES string of the molecule is CCOC(=O)c1nc(-c2cc3c(Br)cccc3n2CC)no1. The topological polar surface area (TPSA) is 70.2 Å². The number of esters is 1. The van der Waals surface area contributed by atoms with Crippen molar-refractivity contribution in [3.8, 4) is 11.5 Å². The fourth-order valence-corrected chi connectivity index (χ4v) is 2.85. The monoisotopic (exact) mass is 363 g/mol. The van der Waals surface area contributed by atoms with Crippen molar-refractivity contribution in [3.63, 3.8) is 0 Å². The maximum atomic E-state index is 11.6. The molecule has 0 radical (unpaired) electrons. The van der Waals surface area contributed by atoms with E-state index in [-0.39, 0.29) is 12.5 Å². The minimum atomic E-state index is -0.610. The van der Waals surface area contributed by atoms with Crippen LogP contribution in [0.1, 0.15) is 24.5 Å². The average Bonchev–Trinajstić information content (AvgIpc) is 3.12. The number of carbonyl (C=O) groups excluding carboxylic acids is 1. The number of halogens is 1. The lowest BCUT2D eigenvalue weighted by molar-refractivity contribution is 0.0470. The van der Waals surface area contributed by atoms with Crippen LogP contribution in [0.15, 0.2) is 33.3 Å².